The number of anilines is 1. The standard InChI is InChI=1S/C25H22N4O3S/c1-17(30)19-11-8-12-20(15-19)27-24(31)23(18-9-4-3-5-10-18)33-25-28-26-16-29(25)21-13-6-7-14-22(21)32-2/h3-16,23H,1-2H3,(H,27,31). The van der Waals surface area contributed by atoms with Crippen LogP contribution >= 0.6 is 11.8 Å². The molecule has 166 valence electrons. The lowest BCUT2D eigenvalue weighted by Crippen LogP contribution is -2.19. The summed E-state index contributed by atoms with van der Waals surface area (Å²) in [5, 5.41) is 11.2. The highest BCUT2D eigenvalue weighted by Crippen LogP contribution is 2.37. The van der Waals surface area contributed by atoms with E-state index < -0.39 is 5.25 Å². The van der Waals surface area contributed by atoms with E-state index in [4.69, 9.17) is 4.74 Å². The summed E-state index contributed by atoms with van der Waals surface area (Å²) in [6.45, 7) is 1.49. The highest BCUT2D eigenvalue weighted by atomic mass is 32.2. The number of ether oxygens (including phenoxy) is 1. The van der Waals surface area contributed by atoms with Crippen LogP contribution in [0.25, 0.3) is 5.69 Å². The van der Waals surface area contributed by atoms with E-state index in [2.05, 4.69) is 15.5 Å². The molecular formula is C25H22N4O3S. The molecule has 0 aliphatic carbocycles. The normalized spacial score (nSPS) is 11.6. The van der Waals surface area contributed by atoms with Crippen molar-refractivity contribution in [2.75, 3.05) is 12.4 Å². The topological polar surface area (TPSA) is 86.1 Å². The highest BCUT2D eigenvalue weighted by molar-refractivity contribution is 8.00. The fourth-order valence-electron chi connectivity index (χ4n) is 3.33. The molecule has 1 unspecified atom stereocenters. The quantitative estimate of drug-likeness (QED) is 0.297. The molecule has 0 saturated heterocycles. The monoisotopic (exact) mass is 458 g/mol. The van der Waals surface area contributed by atoms with Gasteiger partial charge in [0.2, 0.25) is 5.91 Å². The number of hydrogen-bond acceptors (Lipinski definition) is 6. The maximum absolute atomic E-state index is 13.4. The van der Waals surface area contributed by atoms with Gasteiger partial charge < -0.3 is 10.1 Å². The van der Waals surface area contributed by atoms with Gasteiger partial charge in [-0.05, 0) is 36.8 Å². The molecule has 3 aromatic carbocycles. The van der Waals surface area contributed by atoms with E-state index in [0.29, 0.717) is 22.2 Å². The van der Waals surface area contributed by atoms with Crippen LogP contribution in [-0.2, 0) is 4.79 Å². The molecule has 0 aliphatic heterocycles. The SMILES string of the molecule is COc1ccccc1-n1cnnc1SC(C(=O)Nc1cccc(C(C)=O)c1)c1ccccc1. The Hall–Kier alpha value is -3.91. The van der Waals surface area contributed by atoms with Crippen molar-refractivity contribution in [1.82, 2.24) is 14.8 Å². The molecule has 0 bridgehead atoms. The van der Waals surface area contributed by atoms with Crippen LogP contribution in [0.3, 0.4) is 0 Å². The Morgan fingerprint density at radius 2 is 1.76 bits per heavy atom. The molecule has 0 spiro atoms. The third-order valence-electron chi connectivity index (χ3n) is 4.96. The summed E-state index contributed by atoms with van der Waals surface area (Å²) < 4.78 is 7.27. The van der Waals surface area contributed by atoms with Crippen molar-refractivity contribution in [2.24, 2.45) is 0 Å². The maximum atomic E-state index is 13.4. The number of carbonyl (C=O) groups is 2. The zero-order valence-corrected chi connectivity index (χ0v) is 19.0. The average molecular weight is 459 g/mol. The lowest BCUT2D eigenvalue weighted by molar-refractivity contribution is -0.115. The first kappa shape index (κ1) is 22.3. The fraction of sp³-hybridized carbons (Fsp3) is 0.120. The molecule has 7 nitrogen and oxygen atoms in total. The smallest absolute Gasteiger partial charge is 0.242 e. The van der Waals surface area contributed by atoms with Crippen molar-refractivity contribution in [2.45, 2.75) is 17.3 Å². The first-order valence-electron chi connectivity index (χ1n) is 10.2. The Balaban J connectivity index is 1.66. The Labute approximate surface area is 195 Å². The molecule has 1 aromatic heterocycles. The minimum absolute atomic E-state index is 0.0648. The zero-order chi connectivity index (χ0) is 23.2. The number of thioether (sulfide) groups is 1. The van der Waals surface area contributed by atoms with Crippen LogP contribution in [-0.4, -0.2) is 33.6 Å². The van der Waals surface area contributed by atoms with E-state index in [-0.39, 0.29) is 11.7 Å². The summed E-state index contributed by atoms with van der Waals surface area (Å²) in [6, 6.07) is 23.9. The van der Waals surface area contributed by atoms with Crippen LogP contribution in [0.4, 0.5) is 5.69 Å². The van der Waals surface area contributed by atoms with Crippen molar-refractivity contribution in [3.63, 3.8) is 0 Å². The van der Waals surface area contributed by atoms with Gasteiger partial charge in [0, 0.05) is 11.3 Å². The number of rotatable bonds is 8. The molecule has 8 heteroatoms. The van der Waals surface area contributed by atoms with E-state index in [9.17, 15) is 9.59 Å². The van der Waals surface area contributed by atoms with E-state index in [0.717, 1.165) is 11.3 Å². The summed E-state index contributed by atoms with van der Waals surface area (Å²) in [5.74, 6) is 0.368. The molecule has 1 heterocycles. The molecular weight excluding hydrogens is 436 g/mol. The summed E-state index contributed by atoms with van der Waals surface area (Å²) in [4.78, 5) is 25.1. The van der Waals surface area contributed by atoms with Gasteiger partial charge in [-0.25, -0.2) is 0 Å². The summed E-state index contributed by atoms with van der Waals surface area (Å²) in [7, 11) is 1.60. The predicted molar refractivity (Wildman–Crippen MR) is 128 cm³/mol. The number of methoxy groups -OCH3 is 1. The van der Waals surface area contributed by atoms with Gasteiger partial charge in [-0.3, -0.25) is 14.2 Å². The van der Waals surface area contributed by atoms with Gasteiger partial charge in [-0.1, -0.05) is 66.4 Å². The molecule has 4 aromatic rings. The van der Waals surface area contributed by atoms with E-state index in [1.807, 2.05) is 54.6 Å². The predicted octanol–water partition coefficient (Wildman–Crippen LogP) is 4.95. The first-order chi connectivity index (χ1) is 16.1. The van der Waals surface area contributed by atoms with Gasteiger partial charge in [-0.2, -0.15) is 0 Å². The van der Waals surface area contributed by atoms with Crippen LogP contribution in [0, 0.1) is 0 Å². The summed E-state index contributed by atoms with van der Waals surface area (Å²) in [5.41, 5.74) is 2.68. The number of nitrogens with one attached hydrogen (secondary N) is 1. The third-order valence-corrected chi connectivity index (χ3v) is 6.17. The number of benzene rings is 3. The number of carbonyl (C=O) groups excluding carboxylic acids is 2. The molecule has 0 aliphatic rings. The van der Waals surface area contributed by atoms with Crippen molar-refractivity contribution in [3.8, 4) is 11.4 Å². The van der Waals surface area contributed by atoms with Crippen LogP contribution in [0.2, 0.25) is 0 Å². The lowest BCUT2D eigenvalue weighted by Gasteiger charge is -2.18. The largest absolute Gasteiger partial charge is 0.495 e. The van der Waals surface area contributed by atoms with E-state index in [1.165, 1.54) is 18.7 Å². The fourth-order valence-corrected chi connectivity index (χ4v) is 4.35. The van der Waals surface area contributed by atoms with E-state index in [1.54, 1.807) is 42.3 Å². The van der Waals surface area contributed by atoms with E-state index >= 15 is 0 Å². The molecule has 1 amide bonds. The maximum Gasteiger partial charge on any atom is 0.242 e. The number of Topliss-reactive ketones (excluding diaryl/α,β-unsaturated/α-hetero) is 1. The van der Waals surface area contributed by atoms with Crippen LogP contribution in [0.15, 0.2) is 90.3 Å². The van der Waals surface area contributed by atoms with Gasteiger partial charge in [0.15, 0.2) is 10.9 Å². The Morgan fingerprint density at radius 1 is 1.00 bits per heavy atom. The van der Waals surface area contributed by atoms with Crippen molar-refractivity contribution >= 4 is 29.1 Å². The molecule has 1 atom stereocenters. The number of nitrogens with zero attached hydrogens (tertiary/aromatic N) is 3. The van der Waals surface area contributed by atoms with Crippen LogP contribution in [0.5, 0.6) is 5.75 Å². The Bertz CT molecular complexity index is 1270. The average Bonchev–Trinajstić information content (AvgIpc) is 3.31. The minimum atomic E-state index is -0.607. The molecule has 0 radical (unpaired) electrons. The molecule has 0 fully saturated rings. The van der Waals surface area contributed by atoms with Crippen LogP contribution < -0.4 is 10.1 Å². The number of aromatic nitrogens is 3. The van der Waals surface area contributed by atoms with Gasteiger partial charge >= 0.3 is 0 Å². The molecule has 33 heavy (non-hydrogen) atoms. The van der Waals surface area contributed by atoms with Gasteiger partial charge in [0.1, 0.15) is 17.3 Å². The van der Waals surface area contributed by atoms with Crippen molar-refractivity contribution in [3.05, 3.63) is 96.3 Å². The molecule has 4 rings (SSSR count). The molecule has 0 saturated carbocycles. The lowest BCUT2D eigenvalue weighted by atomic mass is 10.1. The van der Waals surface area contributed by atoms with Crippen LogP contribution in [0.1, 0.15) is 28.1 Å². The number of hydrogen-bond donors (Lipinski definition) is 1. The van der Waals surface area contributed by atoms with Gasteiger partial charge in [0.25, 0.3) is 0 Å². The summed E-state index contributed by atoms with van der Waals surface area (Å²) in [6.07, 6.45) is 1.59. The molecule has 1 N–H and O–H groups in total. The number of amides is 1. The van der Waals surface area contributed by atoms with Crippen molar-refractivity contribution in [1.29, 1.82) is 0 Å². The zero-order valence-electron chi connectivity index (χ0n) is 18.1. The Kier molecular flexibility index (Phi) is 6.85. The van der Waals surface area contributed by atoms with Crippen molar-refractivity contribution < 1.29 is 14.3 Å². The second-order valence-corrected chi connectivity index (χ2v) is 8.26. The number of para-hydroxylation sites is 2. The second-order valence-electron chi connectivity index (χ2n) is 7.19. The minimum Gasteiger partial charge on any atom is -0.495 e. The van der Waals surface area contributed by atoms with Gasteiger partial charge in [0.05, 0.1) is 12.8 Å². The number of ketones is 1. The second kappa shape index (κ2) is 10.1. The first-order valence-corrected chi connectivity index (χ1v) is 11.1. The van der Waals surface area contributed by atoms with Gasteiger partial charge in [-0.15, -0.1) is 10.2 Å². The third kappa shape index (κ3) is 5.12. The Morgan fingerprint density at radius 3 is 2.52 bits per heavy atom. The highest BCUT2D eigenvalue weighted by Gasteiger charge is 2.25. The summed E-state index contributed by atoms with van der Waals surface area (Å²) >= 11 is 1.28.